The van der Waals surface area contributed by atoms with Gasteiger partial charge in [0.1, 0.15) is 18.4 Å². The second-order valence-corrected chi connectivity index (χ2v) is 30.6. The molecule has 0 bridgehead atoms. The van der Waals surface area contributed by atoms with Crippen molar-refractivity contribution in [2.45, 2.75) is 173 Å². The fraction of sp³-hybridized carbons (Fsp3) is 0.744. The molecule has 3 aliphatic heterocycles. The Labute approximate surface area is 363 Å². The van der Waals surface area contributed by atoms with Crippen molar-refractivity contribution in [2.24, 2.45) is 10.8 Å². The first-order valence-corrected chi connectivity index (χ1v) is 28.2. The lowest BCUT2D eigenvalue weighted by Gasteiger charge is -2.43. The van der Waals surface area contributed by atoms with Crippen LogP contribution in [-0.4, -0.2) is 91.6 Å². The quantitative estimate of drug-likeness (QED) is 0.0640. The summed E-state index contributed by atoms with van der Waals surface area (Å²) in [5.41, 5.74) is 11.6. The Balaban J connectivity index is 1.45. The molecule has 0 saturated carbocycles. The van der Waals surface area contributed by atoms with Crippen LogP contribution in [0.25, 0.3) is 10.4 Å². The number of aliphatic hydroxyl groups is 1. The summed E-state index contributed by atoms with van der Waals surface area (Å²) in [5.74, 6) is 0. The van der Waals surface area contributed by atoms with Gasteiger partial charge in [0.25, 0.3) is 21.2 Å². The summed E-state index contributed by atoms with van der Waals surface area (Å²) in [7, 11) is -9.60. The second-order valence-electron chi connectivity index (χ2n) is 19.6. The van der Waals surface area contributed by atoms with E-state index in [2.05, 4.69) is 30.8 Å². The van der Waals surface area contributed by atoms with E-state index in [1.165, 1.54) is 21.5 Å². The van der Waals surface area contributed by atoms with E-state index in [0.29, 0.717) is 19.3 Å². The monoisotopic (exact) mass is 924 g/mol. The molecule has 2 fully saturated rings. The van der Waals surface area contributed by atoms with Crippen LogP contribution in [0.2, 0.25) is 36.3 Å². The Bertz CT molecular complexity index is 2460. The Morgan fingerprint density at radius 1 is 0.903 bits per heavy atom. The fourth-order valence-corrected chi connectivity index (χ4v) is 11.0. The lowest BCUT2D eigenvalue weighted by molar-refractivity contribution is -0.0567. The fourth-order valence-electron chi connectivity index (χ4n) is 7.47. The average Bonchev–Trinajstić information content (AvgIpc) is 3.78. The minimum atomic E-state index is -4.32. The maximum absolute atomic E-state index is 14.5. The number of azide groups is 1. The molecule has 0 aromatic carbocycles. The maximum atomic E-state index is 14.5. The Morgan fingerprint density at radius 2 is 1.44 bits per heavy atom. The molecular formula is C39H64N8O12SSi2. The van der Waals surface area contributed by atoms with Gasteiger partial charge in [0.15, 0.2) is 28.5 Å². The number of hydrogen-bond donors (Lipinski definition) is 2. The molecule has 62 heavy (non-hydrogen) atoms. The van der Waals surface area contributed by atoms with Crippen molar-refractivity contribution in [3.05, 3.63) is 86.7 Å². The molecule has 23 heteroatoms. The van der Waals surface area contributed by atoms with Gasteiger partial charge in [0.05, 0.1) is 36.5 Å². The largest absolute Gasteiger partial charge is 0.414 e. The topological polar surface area (TPSA) is 263 Å². The molecule has 3 aliphatic rings. The summed E-state index contributed by atoms with van der Waals surface area (Å²) in [6, 6.07) is -0.695. The van der Waals surface area contributed by atoms with E-state index in [-0.39, 0.29) is 53.0 Å². The first-order valence-electron chi connectivity index (χ1n) is 20.9. The lowest BCUT2D eigenvalue weighted by atomic mass is 9.89. The first kappa shape index (κ1) is 49.4. The number of nitrogens with zero attached hydrogens (tertiary/aromatic N) is 7. The van der Waals surface area contributed by atoms with Crippen LogP contribution in [0, 0.1) is 13.8 Å². The molecule has 1 unspecified atom stereocenters. The van der Waals surface area contributed by atoms with Gasteiger partial charge in [0, 0.05) is 47.9 Å². The number of rotatable bonds is 15. The average molecular weight is 925 g/mol. The van der Waals surface area contributed by atoms with Crippen LogP contribution in [0.5, 0.6) is 0 Å². The molecule has 0 radical (unpaired) electrons. The number of unbranched alkanes of at least 4 members (excludes halogenated alkanes) is 2. The van der Waals surface area contributed by atoms with Gasteiger partial charge in [-0.3, -0.25) is 27.9 Å². The maximum Gasteiger partial charge on any atom is 0.333 e. The van der Waals surface area contributed by atoms with Crippen LogP contribution in [-0.2, 0) is 45.7 Å². The molecule has 2 aromatic heterocycles. The van der Waals surface area contributed by atoms with E-state index in [4.69, 9.17) is 33.8 Å². The van der Waals surface area contributed by atoms with E-state index in [1.54, 1.807) is 13.8 Å². The van der Waals surface area contributed by atoms with E-state index in [9.17, 15) is 32.7 Å². The Kier molecular flexibility index (Phi) is 14.1. The highest BCUT2D eigenvalue weighted by Gasteiger charge is 2.67. The normalized spacial score (nSPS) is 26.6. The number of hydrogen-bond acceptors (Lipinski definition) is 14. The summed E-state index contributed by atoms with van der Waals surface area (Å²) in [4.78, 5) is 57.6. The molecule has 20 nitrogen and oxygen atoms in total. The van der Waals surface area contributed by atoms with Crippen molar-refractivity contribution < 1.29 is 36.0 Å². The minimum absolute atomic E-state index is 0.0258. The van der Waals surface area contributed by atoms with Gasteiger partial charge in [0.2, 0.25) is 0 Å². The van der Waals surface area contributed by atoms with Gasteiger partial charge in [-0.1, -0.05) is 46.7 Å². The Hall–Kier alpha value is -3.65. The highest BCUT2D eigenvalue weighted by molar-refractivity contribution is 7.90. The zero-order valence-corrected chi connectivity index (χ0v) is 40.7. The van der Waals surface area contributed by atoms with Crippen molar-refractivity contribution in [1.82, 2.24) is 18.3 Å². The third-order valence-corrected chi connectivity index (χ3v) is 23.2. The number of ether oxygens (including phenoxy) is 2. The van der Waals surface area contributed by atoms with Gasteiger partial charge < -0.3 is 29.2 Å². The molecule has 346 valence electrons. The van der Waals surface area contributed by atoms with Crippen molar-refractivity contribution in [3.8, 4) is 0 Å². The van der Waals surface area contributed by atoms with Crippen LogP contribution in [0.15, 0.2) is 47.8 Å². The van der Waals surface area contributed by atoms with Gasteiger partial charge in [-0.15, -0.1) is 0 Å². The smallest absolute Gasteiger partial charge is 0.333 e. The molecule has 3 N–H and O–H groups in total. The zero-order valence-electron chi connectivity index (χ0n) is 37.9. The number of nitrogens with two attached hydrogens (primary N) is 1. The predicted molar refractivity (Wildman–Crippen MR) is 236 cm³/mol. The molecular weight excluding hydrogens is 861 g/mol. The molecule has 7 atom stereocenters. The van der Waals surface area contributed by atoms with Crippen LogP contribution < -0.4 is 28.2 Å². The first-order chi connectivity index (χ1) is 28.5. The highest BCUT2D eigenvalue weighted by Crippen LogP contribution is 2.52. The van der Waals surface area contributed by atoms with E-state index >= 15 is 0 Å². The standard InChI is InChI=1S/C39H64N8O12SSi2/c1-24-19-46(30-18-26(42-43-41)27(21-48)56-30)35(51)44(32(24)49)16-14-13-15-17-45-33(50)25(2)20-47(36(45)52)34-31(58-62(11,12)38(6,7)8)39(28(40)23-60(53,54)59-39)29(57-34)22-55-61(9,10)37(3,4)5/h19-20,23,26-27,29-31,34,48H,13-18,21-22,40H2,1-12H3/t26-,27+,29+,30+,31-,34+,39?/m0/s1. The number of aromatic nitrogens is 4. The van der Waals surface area contributed by atoms with Crippen LogP contribution in [0.4, 0.5) is 0 Å². The molecule has 1 spiro atoms. The molecule has 2 aromatic rings. The molecule has 0 aliphatic carbocycles. The summed E-state index contributed by atoms with van der Waals surface area (Å²) < 4.78 is 63.2. The minimum Gasteiger partial charge on any atom is -0.414 e. The van der Waals surface area contributed by atoms with E-state index in [1.807, 2.05) is 47.0 Å². The molecule has 5 rings (SSSR count). The Morgan fingerprint density at radius 3 is 1.92 bits per heavy atom. The summed E-state index contributed by atoms with van der Waals surface area (Å²) in [6.07, 6.45) is -1.43. The summed E-state index contributed by atoms with van der Waals surface area (Å²) in [6.45, 7) is 22.9. The number of aryl methyl sites for hydroxylation is 2. The SMILES string of the molecule is Cc1cn([C@@H]2O[C@H](CO[Si](C)(C)C(C)(C)C)C3(OS(=O)(=O)C=C3N)[C@H]2O[Si](C)(C)C(C)(C)C)c(=O)n(CCCCCn2c(=O)c(C)cn([C@H]3C[C@H](N=[N+]=[N-])[C@@H](CO)O3)c2=O)c1=O. The molecule has 5 heterocycles. The van der Waals surface area contributed by atoms with Crippen molar-refractivity contribution in [1.29, 1.82) is 0 Å². The lowest BCUT2D eigenvalue weighted by Crippen LogP contribution is -2.59. The van der Waals surface area contributed by atoms with Crippen molar-refractivity contribution in [2.75, 3.05) is 13.2 Å². The van der Waals surface area contributed by atoms with Crippen molar-refractivity contribution in [3.63, 3.8) is 0 Å². The van der Waals surface area contributed by atoms with Crippen LogP contribution in [0.3, 0.4) is 0 Å². The summed E-state index contributed by atoms with van der Waals surface area (Å²) >= 11 is 0. The highest BCUT2D eigenvalue weighted by atomic mass is 32.2. The van der Waals surface area contributed by atoms with Crippen LogP contribution >= 0.6 is 0 Å². The van der Waals surface area contributed by atoms with Gasteiger partial charge >= 0.3 is 11.4 Å². The van der Waals surface area contributed by atoms with E-state index < -0.39 is 98.3 Å². The zero-order chi connectivity index (χ0) is 46.5. The van der Waals surface area contributed by atoms with Gasteiger partial charge in [-0.25, -0.2) is 13.8 Å². The summed E-state index contributed by atoms with van der Waals surface area (Å²) in [5, 5.41) is 13.6. The third kappa shape index (κ3) is 9.42. The van der Waals surface area contributed by atoms with Gasteiger partial charge in [-0.05, 0) is 74.9 Å². The number of aliphatic hydroxyl groups excluding tert-OH is 1. The van der Waals surface area contributed by atoms with Crippen molar-refractivity contribution >= 4 is 26.8 Å². The predicted octanol–water partition coefficient (Wildman–Crippen LogP) is 3.99. The van der Waals surface area contributed by atoms with Gasteiger partial charge in [-0.2, -0.15) is 8.42 Å². The second kappa shape index (κ2) is 17.7. The van der Waals surface area contributed by atoms with Crippen LogP contribution in [0.1, 0.15) is 90.8 Å². The van der Waals surface area contributed by atoms with E-state index in [0.717, 1.165) is 14.5 Å². The molecule has 0 amide bonds. The third-order valence-electron chi connectivity index (χ3n) is 13.2. The molecule has 2 saturated heterocycles.